The first-order valence-corrected chi connectivity index (χ1v) is 12.1. The molecule has 0 bridgehead atoms. The minimum atomic E-state index is -0.452. The number of nitrogens with one attached hydrogen (secondary N) is 1. The zero-order valence-electron chi connectivity index (χ0n) is 19.8. The number of amides is 1. The molecule has 33 heavy (non-hydrogen) atoms. The van der Waals surface area contributed by atoms with E-state index in [0.717, 1.165) is 43.2 Å². The van der Waals surface area contributed by atoms with E-state index in [1.165, 1.54) is 11.3 Å². The Bertz CT molecular complexity index is 954. The highest BCUT2D eigenvalue weighted by Gasteiger charge is 2.21. The normalized spacial score (nSPS) is 14.7. The van der Waals surface area contributed by atoms with Crippen molar-refractivity contribution < 1.29 is 23.8 Å². The lowest BCUT2D eigenvalue weighted by atomic mass is 10.1. The summed E-state index contributed by atoms with van der Waals surface area (Å²) in [6, 6.07) is 7.31. The molecular weight excluding hydrogens is 442 g/mol. The molecule has 9 heteroatoms. The van der Waals surface area contributed by atoms with Crippen molar-refractivity contribution >= 4 is 28.2 Å². The molecule has 2 heterocycles. The van der Waals surface area contributed by atoms with Gasteiger partial charge in [0.1, 0.15) is 5.00 Å². The molecule has 8 nitrogen and oxygen atoms in total. The molecule has 180 valence electrons. The number of likely N-dealkylation sites (N-methyl/N-ethyl adjacent to an activating group) is 1. The zero-order valence-corrected chi connectivity index (χ0v) is 20.6. The highest BCUT2D eigenvalue weighted by molar-refractivity contribution is 7.20. The monoisotopic (exact) mass is 475 g/mol. The number of carbonyl (C=O) groups excluding carboxylic acids is 2. The van der Waals surface area contributed by atoms with Gasteiger partial charge < -0.3 is 29.3 Å². The molecule has 0 spiro atoms. The van der Waals surface area contributed by atoms with E-state index in [4.69, 9.17) is 14.2 Å². The number of hydrogen-bond donors (Lipinski definition) is 1. The third-order valence-corrected chi connectivity index (χ3v) is 6.82. The number of nitrogens with zero attached hydrogens (tertiary/aromatic N) is 2. The van der Waals surface area contributed by atoms with Gasteiger partial charge in [-0.15, -0.1) is 11.3 Å². The Morgan fingerprint density at radius 3 is 2.33 bits per heavy atom. The third-order valence-electron chi connectivity index (χ3n) is 5.72. The molecule has 0 atom stereocenters. The van der Waals surface area contributed by atoms with Crippen LogP contribution in [-0.4, -0.2) is 81.8 Å². The largest absolute Gasteiger partial charge is 0.493 e. The minimum absolute atomic E-state index is 0.112. The molecule has 0 radical (unpaired) electrons. The highest BCUT2D eigenvalue weighted by Crippen LogP contribution is 2.39. The molecule has 0 unspecified atom stereocenters. The van der Waals surface area contributed by atoms with Crippen LogP contribution in [0.25, 0.3) is 10.4 Å². The average Bonchev–Trinajstić information content (AvgIpc) is 3.26. The van der Waals surface area contributed by atoms with Crippen LogP contribution in [0.15, 0.2) is 24.3 Å². The second-order valence-corrected chi connectivity index (χ2v) is 8.77. The van der Waals surface area contributed by atoms with Crippen molar-refractivity contribution in [2.45, 2.75) is 20.3 Å². The maximum atomic E-state index is 12.7. The summed E-state index contributed by atoms with van der Waals surface area (Å²) >= 11 is 1.34. The first-order valence-electron chi connectivity index (χ1n) is 11.3. The average molecular weight is 476 g/mol. The minimum Gasteiger partial charge on any atom is -0.493 e. The summed E-state index contributed by atoms with van der Waals surface area (Å²) in [5.74, 6) is 0.650. The number of piperazine rings is 1. The van der Waals surface area contributed by atoms with Crippen molar-refractivity contribution in [3.8, 4) is 21.9 Å². The lowest BCUT2D eigenvalue weighted by molar-refractivity contribution is -0.116. The summed E-state index contributed by atoms with van der Waals surface area (Å²) in [7, 11) is 3.16. The van der Waals surface area contributed by atoms with Gasteiger partial charge in [0.2, 0.25) is 5.91 Å². The van der Waals surface area contributed by atoms with Crippen LogP contribution in [0.3, 0.4) is 0 Å². The molecule has 0 aliphatic carbocycles. The van der Waals surface area contributed by atoms with Gasteiger partial charge in [-0.05, 0) is 43.3 Å². The zero-order chi connectivity index (χ0) is 23.8. The van der Waals surface area contributed by atoms with Crippen molar-refractivity contribution in [2.24, 2.45) is 0 Å². The summed E-state index contributed by atoms with van der Waals surface area (Å²) in [4.78, 5) is 30.8. The molecule has 1 saturated heterocycles. The van der Waals surface area contributed by atoms with E-state index >= 15 is 0 Å². The van der Waals surface area contributed by atoms with E-state index in [9.17, 15) is 9.59 Å². The van der Waals surface area contributed by atoms with E-state index in [2.05, 4.69) is 22.0 Å². The standard InChI is InChI=1S/C24H33N3O5S/c1-5-26-11-13-27(14-12-26)10-9-22(28)25-23-18(24(29)32-6-2)16-21(33-23)17-7-8-19(30-3)20(15-17)31-4/h7-8,15-16H,5-6,9-14H2,1-4H3,(H,25,28). The number of ether oxygens (including phenoxy) is 3. The molecule has 1 amide bonds. The van der Waals surface area contributed by atoms with Gasteiger partial charge in [-0.1, -0.05) is 6.92 Å². The van der Waals surface area contributed by atoms with E-state index in [1.54, 1.807) is 27.2 Å². The fraction of sp³-hybridized carbons (Fsp3) is 0.500. The number of hydrogen-bond acceptors (Lipinski definition) is 8. The maximum absolute atomic E-state index is 12.7. The molecule has 1 N–H and O–H groups in total. The maximum Gasteiger partial charge on any atom is 0.341 e. The van der Waals surface area contributed by atoms with Crippen molar-refractivity contribution in [2.75, 3.05) is 65.4 Å². The Balaban J connectivity index is 1.73. The number of thiophene rings is 1. The second-order valence-electron chi connectivity index (χ2n) is 7.72. The van der Waals surface area contributed by atoms with Gasteiger partial charge >= 0.3 is 5.97 Å². The van der Waals surface area contributed by atoms with Crippen LogP contribution in [0.1, 0.15) is 30.6 Å². The van der Waals surface area contributed by atoms with Gasteiger partial charge in [-0.25, -0.2) is 4.79 Å². The van der Waals surface area contributed by atoms with Gasteiger partial charge in [0.25, 0.3) is 0 Å². The molecule has 1 aliphatic rings. The third kappa shape index (κ3) is 6.46. The molecular formula is C24H33N3O5S. The van der Waals surface area contributed by atoms with Gasteiger partial charge in [-0.2, -0.15) is 0 Å². The Morgan fingerprint density at radius 1 is 1.00 bits per heavy atom. The Morgan fingerprint density at radius 2 is 1.70 bits per heavy atom. The van der Waals surface area contributed by atoms with Crippen LogP contribution in [0.5, 0.6) is 11.5 Å². The summed E-state index contributed by atoms with van der Waals surface area (Å²) < 4.78 is 15.9. The summed E-state index contributed by atoms with van der Waals surface area (Å²) in [6.45, 7) is 9.96. The van der Waals surface area contributed by atoms with Crippen molar-refractivity contribution in [1.29, 1.82) is 0 Å². The van der Waals surface area contributed by atoms with Crippen LogP contribution in [0, 0.1) is 0 Å². The predicted molar refractivity (Wildman–Crippen MR) is 131 cm³/mol. The Kier molecular flexibility index (Phi) is 9.11. The first-order chi connectivity index (χ1) is 16.0. The summed E-state index contributed by atoms with van der Waals surface area (Å²) in [5, 5.41) is 3.44. The van der Waals surface area contributed by atoms with Crippen LogP contribution in [-0.2, 0) is 9.53 Å². The van der Waals surface area contributed by atoms with Crippen LogP contribution >= 0.6 is 11.3 Å². The second kappa shape index (κ2) is 12.0. The van der Waals surface area contributed by atoms with Crippen LogP contribution in [0.4, 0.5) is 5.00 Å². The molecule has 1 aromatic carbocycles. The van der Waals surface area contributed by atoms with Crippen molar-refractivity contribution in [3.63, 3.8) is 0 Å². The molecule has 3 rings (SSSR count). The van der Waals surface area contributed by atoms with Crippen molar-refractivity contribution in [3.05, 3.63) is 29.8 Å². The van der Waals surface area contributed by atoms with Crippen LogP contribution in [0.2, 0.25) is 0 Å². The molecule has 1 aromatic heterocycles. The summed E-state index contributed by atoms with van der Waals surface area (Å²) in [6.07, 6.45) is 0.373. The number of carbonyl (C=O) groups is 2. The number of esters is 1. The fourth-order valence-corrected chi connectivity index (χ4v) is 4.81. The molecule has 1 aliphatic heterocycles. The lowest BCUT2D eigenvalue weighted by Gasteiger charge is -2.33. The highest BCUT2D eigenvalue weighted by atomic mass is 32.1. The lowest BCUT2D eigenvalue weighted by Crippen LogP contribution is -2.46. The number of benzene rings is 1. The number of anilines is 1. The van der Waals surface area contributed by atoms with Crippen molar-refractivity contribution in [1.82, 2.24) is 9.80 Å². The Labute approximate surface area is 199 Å². The van der Waals surface area contributed by atoms with Gasteiger partial charge in [0.15, 0.2) is 11.5 Å². The molecule has 0 saturated carbocycles. The molecule has 1 fully saturated rings. The van der Waals surface area contributed by atoms with Gasteiger partial charge in [-0.3, -0.25) is 4.79 Å². The smallest absolute Gasteiger partial charge is 0.341 e. The number of methoxy groups -OCH3 is 2. The van der Waals surface area contributed by atoms with E-state index in [-0.39, 0.29) is 12.5 Å². The first kappa shape index (κ1) is 25.0. The predicted octanol–water partition coefficient (Wildman–Crippen LogP) is 3.58. The van der Waals surface area contributed by atoms with E-state index in [0.29, 0.717) is 35.0 Å². The van der Waals surface area contributed by atoms with E-state index < -0.39 is 5.97 Å². The van der Waals surface area contributed by atoms with Gasteiger partial charge in [0.05, 0.1) is 26.4 Å². The van der Waals surface area contributed by atoms with Gasteiger partial charge in [0, 0.05) is 44.0 Å². The van der Waals surface area contributed by atoms with Crippen LogP contribution < -0.4 is 14.8 Å². The molecule has 2 aromatic rings. The summed E-state index contributed by atoms with van der Waals surface area (Å²) in [5.41, 5.74) is 1.22. The number of rotatable bonds is 10. The topological polar surface area (TPSA) is 80.3 Å². The SMILES string of the molecule is CCOC(=O)c1cc(-c2ccc(OC)c(OC)c2)sc1NC(=O)CCN1CCN(CC)CC1. The van der Waals surface area contributed by atoms with E-state index in [1.807, 2.05) is 18.2 Å². The fourth-order valence-electron chi connectivity index (χ4n) is 3.75. The Hall–Kier alpha value is -2.62. The quantitative estimate of drug-likeness (QED) is 0.526.